The van der Waals surface area contributed by atoms with E-state index < -0.39 is 0 Å². The zero-order chi connectivity index (χ0) is 13.5. The van der Waals surface area contributed by atoms with Gasteiger partial charge in [0.1, 0.15) is 6.61 Å². The van der Waals surface area contributed by atoms with Crippen molar-refractivity contribution in [3.63, 3.8) is 0 Å². The van der Waals surface area contributed by atoms with Gasteiger partial charge in [-0.05, 0) is 38.7 Å². The summed E-state index contributed by atoms with van der Waals surface area (Å²) in [5.41, 5.74) is 1.13. The first-order valence-corrected chi connectivity index (χ1v) is 5.89. The number of nitrogens with zero attached hydrogens (tertiary/aromatic N) is 2. The van der Waals surface area contributed by atoms with E-state index >= 15 is 0 Å². The lowest BCUT2D eigenvalue weighted by atomic mass is 10.2. The summed E-state index contributed by atoms with van der Waals surface area (Å²) in [5, 5.41) is 8.76. The fourth-order valence-corrected chi connectivity index (χ4v) is 1.58. The van der Waals surface area contributed by atoms with E-state index in [1.165, 1.54) is 0 Å². The summed E-state index contributed by atoms with van der Waals surface area (Å²) in [6, 6.07) is 8.06. The smallest absolute Gasteiger partial charge is 0.161 e. The molecule has 0 radical (unpaired) electrons. The molecule has 0 aliphatic carbocycles. The van der Waals surface area contributed by atoms with Gasteiger partial charge < -0.3 is 14.4 Å². The van der Waals surface area contributed by atoms with E-state index in [2.05, 4.69) is 6.07 Å². The number of rotatable bonds is 6. The van der Waals surface area contributed by atoms with Crippen LogP contribution in [-0.2, 0) is 0 Å². The second kappa shape index (κ2) is 6.87. The zero-order valence-corrected chi connectivity index (χ0v) is 11.4. The van der Waals surface area contributed by atoms with Crippen LogP contribution in [0.5, 0.6) is 11.5 Å². The average molecular weight is 248 g/mol. The van der Waals surface area contributed by atoms with E-state index in [9.17, 15) is 0 Å². The van der Waals surface area contributed by atoms with Gasteiger partial charge in [-0.2, -0.15) is 5.26 Å². The minimum Gasteiger partial charge on any atom is -0.493 e. The Morgan fingerprint density at radius 1 is 1.33 bits per heavy atom. The fourth-order valence-electron chi connectivity index (χ4n) is 1.58. The van der Waals surface area contributed by atoms with Crippen LogP contribution >= 0.6 is 0 Å². The third kappa shape index (κ3) is 3.94. The first-order chi connectivity index (χ1) is 8.58. The highest BCUT2D eigenvalue weighted by Crippen LogP contribution is 2.28. The molecular formula is C14H20N2O2. The Labute approximate surface area is 109 Å². The van der Waals surface area contributed by atoms with Gasteiger partial charge >= 0.3 is 0 Å². The van der Waals surface area contributed by atoms with Crippen LogP contribution in [0.3, 0.4) is 0 Å². The van der Waals surface area contributed by atoms with Crippen LogP contribution < -0.4 is 9.47 Å². The summed E-state index contributed by atoms with van der Waals surface area (Å²) in [6.07, 6.45) is 0.446. The van der Waals surface area contributed by atoms with Crippen LogP contribution in [0.25, 0.3) is 0 Å². The molecule has 0 aliphatic heterocycles. The Morgan fingerprint density at radius 3 is 2.61 bits per heavy atom. The molecule has 0 spiro atoms. The number of ether oxygens (including phenoxy) is 2. The Hall–Kier alpha value is -1.73. The van der Waals surface area contributed by atoms with Gasteiger partial charge in [0, 0.05) is 0 Å². The molecule has 1 rings (SSSR count). The Bertz CT molecular complexity index is 424. The van der Waals surface area contributed by atoms with Crippen molar-refractivity contribution in [1.82, 2.24) is 4.90 Å². The lowest BCUT2D eigenvalue weighted by Crippen LogP contribution is -2.33. The number of likely N-dealkylation sites (N-methyl/N-ethyl adjacent to an activating group) is 1. The maximum absolute atomic E-state index is 8.76. The maximum atomic E-state index is 8.76. The molecule has 1 unspecified atom stereocenters. The van der Waals surface area contributed by atoms with E-state index in [1.807, 2.05) is 44.1 Å². The van der Waals surface area contributed by atoms with Crippen molar-refractivity contribution in [2.75, 3.05) is 27.8 Å². The Morgan fingerprint density at radius 2 is 2.06 bits per heavy atom. The molecule has 4 heteroatoms. The van der Waals surface area contributed by atoms with Gasteiger partial charge in [-0.15, -0.1) is 0 Å². The topological polar surface area (TPSA) is 45.5 Å². The normalized spacial score (nSPS) is 12.0. The van der Waals surface area contributed by atoms with E-state index in [-0.39, 0.29) is 6.04 Å². The van der Waals surface area contributed by atoms with Gasteiger partial charge in [0.05, 0.1) is 25.6 Å². The molecule has 0 N–H and O–H groups in total. The van der Waals surface area contributed by atoms with Crippen molar-refractivity contribution < 1.29 is 9.47 Å². The van der Waals surface area contributed by atoms with Crippen molar-refractivity contribution >= 4 is 0 Å². The van der Waals surface area contributed by atoms with Crippen molar-refractivity contribution in [2.45, 2.75) is 19.4 Å². The van der Waals surface area contributed by atoms with E-state index in [0.29, 0.717) is 18.8 Å². The van der Waals surface area contributed by atoms with Crippen molar-refractivity contribution in [1.29, 1.82) is 5.26 Å². The van der Waals surface area contributed by atoms with E-state index in [0.717, 1.165) is 11.3 Å². The molecular weight excluding hydrogens is 228 g/mol. The van der Waals surface area contributed by atoms with Crippen LogP contribution in [-0.4, -0.2) is 38.8 Å². The minimum atomic E-state index is 0.0843. The first-order valence-electron chi connectivity index (χ1n) is 5.89. The molecule has 0 saturated heterocycles. The molecule has 0 saturated carbocycles. The lowest BCUT2D eigenvalue weighted by Gasteiger charge is -2.22. The van der Waals surface area contributed by atoms with Gasteiger partial charge in [0.15, 0.2) is 11.5 Å². The van der Waals surface area contributed by atoms with Gasteiger partial charge in [-0.3, -0.25) is 0 Å². The van der Waals surface area contributed by atoms with Crippen molar-refractivity contribution in [2.24, 2.45) is 0 Å². The maximum Gasteiger partial charge on any atom is 0.161 e. The number of nitriles is 1. The first kappa shape index (κ1) is 14.3. The molecule has 0 heterocycles. The summed E-state index contributed by atoms with van der Waals surface area (Å²) >= 11 is 0. The minimum absolute atomic E-state index is 0.0843. The highest BCUT2D eigenvalue weighted by molar-refractivity contribution is 5.42. The second-order valence-electron chi connectivity index (χ2n) is 4.44. The predicted octanol–water partition coefficient (Wildman–Crippen LogP) is 2.23. The van der Waals surface area contributed by atoms with E-state index in [4.69, 9.17) is 14.7 Å². The summed E-state index contributed by atoms with van der Waals surface area (Å²) in [7, 11) is 5.51. The zero-order valence-electron chi connectivity index (χ0n) is 11.4. The quantitative estimate of drug-likeness (QED) is 0.774. The SMILES string of the molecule is COc1cc(C)ccc1OCC(CC#N)N(C)C. The van der Waals surface area contributed by atoms with Gasteiger partial charge in [-0.1, -0.05) is 6.07 Å². The number of aryl methyl sites for hydroxylation is 1. The molecule has 0 amide bonds. The largest absolute Gasteiger partial charge is 0.493 e. The monoisotopic (exact) mass is 248 g/mol. The highest BCUT2D eigenvalue weighted by Gasteiger charge is 2.13. The van der Waals surface area contributed by atoms with Crippen LogP contribution in [0.15, 0.2) is 18.2 Å². The molecule has 0 bridgehead atoms. The number of benzene rings is 1. The Balaban J connectivity index is 2.70. The molecule has 0 fully saturated rings. The lowest BCUT2D eigenvalue weighted by molar-refractivity contribution is 0.183. The number of hydrogen-bond donors (Lipinski definition) is 0. The van der Waals surface area contributed by atoms with E-state index in [1.54, 1.807) is 7.11 Å². The molecule has 18 heavy (non-hydrogen) atoms. The highest BCUT2D eigenvalue weighted by atomic mass is 16.5. The second-order valence-corrected chi connectivity index (χ2v) is 4.44. The average Bonchev–Trinajstić information content (AvgIpc) is 2.35. The summed E-state index contributed by atoms with van der Waals surface area (Å²) in [5.74, 6) is 1.44. The standard InChI is InChI=1S/C14H20N2O2/c1-11-5-6-13(14(9-11)17-4)18-10-12(7-8-15)16(2)3/h5-6,9,12H,7,10H2,1-4H3. The van der Waals surface area contributed by atoms with Crippen LogP contribution in [0.4, 0.5) is 0 Å². The third-order valence-corrected chi connectivity index (χ3v) is 2.81. The summed E-state index contributed by atoms with van der Waals surface area (Å²) in [6.45, 7) is 2.48. The third-order valence-electron chi connectivity index (χ3n) is 2.81. The molecule has 0 aliphatic rings. The molecule has 98 valence electrons. The summed E-state index contributed by atoms with van der Waals surface area (Å²) < 4.78 is 11.0. The van der Waals surface area contributed by atoms with Crippen molar-refractivity contribution in [3.05, 3.63) is 23.8 Å². The van der Waals surface area contributed by atoms with Crippen molar-refractivity contribution in [3.8, 4) is 17.6 Å². The predicted molar refractivity (Wildman–Crippen MR) is 70.9 cm³/mol. The Kier molecular flexibility index (Phi) is 5.47. The number of methoxy groups -OCH3 is 1. The molecule has 0 aromatic heterocycles. The van der Waals surface area contributed by atoms with Crippen LogP contribution in [0.1, 0.15) is 12.0 Å². The van der Waals surface area contributed by atoms with Gasteiger partial charge in [0.25, 0.3) is 0 Å². The molecule has 4 nitrogen and oxygen atoms in total. The van der Waals surface area contributed by atoms with Gasteiger partial charge in [0.2, 0.25) is 0 Å². The van der Waals surface area contributed by atoms with Gasteiger partial charge in [-0.25, -0.2) is 0 Å². The summed E-state index contributed by atoms with van der Waals surface area (Å²) in [4.78, 5) is 1.99. The van der Waals surface area contributed by atoms with Crippen LogP contribution in [0.2, 0.25) is 0 Å². The molecule has 1 aromatic carbocycles. The fraction of sp³-hybridized carbons (Fsp3) is 0.500. The van der Waals surface area contributed by atoms with Crippen LogP contribution in [0, 0.1) is 18.3 Å². The number of hydrogen-bond acceptors (Lipinski definition) is 4. The molecule has 1 aromatic rings. The molecule has 1 atom stereocenters.